The number of benzene rings is 2. The molecule has 2 aromatic rings. The Hall–Kier alpha value is -2.26. The zero-order chi connectivity index (χ0) is 17.7. The zero-order valence-corrected chi connectivity index (χ0v) is 15.3. The van der Waals surface area contributed by atoms with Gasteiger partial charge in [0.25, 0.3) is 11.6 Å². The van der Waals surface area contributed by atoms with Crippen LogP contribution in [0.5, 0.6) is 5.75 Å². The second-order valence-electron chi connectivity index (χ2n) is 4.60. The van der Waals surface area contributed by atoms with Crippen molar-refractivity contribution in [2.45, 2.75) is 0 Å². The van der Waals surface area contributed by atoms with E-state index in [9.17, 15) is 14.9 Å². The first-order valence-corrected chi connectivity index (χ1v) is 8.14. The summed E-state index contributed by atoms with van der Waals surface area (Å²) in [6.45, 7) is -0.229. The summed E-state index contributed by atoms with van der Waals surface area (Å²) in [5, 5.41) is 10.6. The predicted molar refractivity (Wildman–Crippen MR) is 96.9 cm³/mol. The maximum atomic E-state index is 10.8. The van der Waals surface area contributed by atoms with Crippen molar-refractivity contribution in [2.75, 3.05) is 6.61 Å². The van der Waals surface area contributed by atoms with Crippen LogP contribution < -0.4 is 10.5 Å². The molecule has 2 rings (SSSR count). The van der Waals surface area contributed by atoms with Gasteiger partial charge in [-0.05, 0) is 61.7 Å². The fraction of sp³-hybridized carbons (Fsp3) is 0.0667. The normalized spacial score (nSPS) is 10.8. The number of rotatable bonds is 6. The number of hydrogen-bond acceptors (Lipinski definition) is 5. The molecule has 0 aliphatic carbocycles. The van der Waals surface area contributed by atoms with Gasteiger partial charge in [-0.25, -0.2) is 0 Å². The number of nitrogens with two attached hydrogens (primary N) is 1. The molecular formula is C15H11Br2N3O4. The Bertz CT molecular complexity index is 784. The Labute approximate surface area is 153 Å². The Kier molecular flexibility index (Phi) is 6.04. The van der Waals surface area contributed by atoms with E-state index >= 15 is 0 Å². The minimum absolute atomic E-state index is 0.00962. The highest BCUT2D eigenvalue weighted by Gasteiger charge is 2.10. The lowest BCUT2D eigenvalue weighted by Gasteiger charge is -2.09. The Morgan fingerprint density at radius 2 is 1.83 bits per heavy atom. The maximum absolute atomic E-state index is 10.8. The van der Waals surface area contributed by atoms with Gasteiger partial charge in [0.15, 0.2) is 6.61 Å². The maximum Gasteiger partial charge on any atom is 0.269 e. The van der Waals surface area contributed by atoms with Gasteiger partial charge in [-0.3, -0.25) is 19.9 Å². The Morgan fingerprint density at radius 3 is 2.33 bits per heavy atom. The van der Waals surface area contributed by atoms with Crippen molar-refractivity contribution >= 4 is 55.4 Å². The first-order chi connectivity index (χ1) is 11.4. The van der Waals surface area contributed by atoms with Gasteiger partial charge in [-0.15, -0.1) is 0 Å². The summed E-state index contributed by atoms with van der Waals surface area (Å²) in [4.78, 5) is 25.2. The lowest BCUT2D eigenvalue weighted by atomic mass is 10.2. The smallest absolute Gasteiger partial charge is 0.269 e. The SMILES string of the molecule is NC(=O)COc1c(Br)cc(C=Nc2ccc([N+](=O)[O-])cc2)cc1Br. The monoisotopic (exact) mass is 455 g/mol. The van der Waals surface area contributed by atoms with Crippen LogP contribution >= 0.6 is 31.9 Å². The predicted octanol–water partition coefficient (Wildman–Crippen LogP) is 3.73. The van der Waals surface area contributed by atoms with Gasteiger partial charge >= 0.3 is 0 Å². The van der Waals surface area contributed by atoms with Crippen molar-refractivity contribution in [1.29, 1.82) is 0 Å². The average molecular weight is 457 g/mol. The van der Waals surface area contributed by atoms with Crippen molar-refractivity contribution < 1.29 is 14.5 Å². The van der Waals surface area contributed by atoms with Crippen LogP contribution in [0.3, 0.4) is 0 Å². The van der Waals surface area contributed by atoms with Gasteiger partial charge in [-0.2, -0.15) is 0 Å². The van der Waals surface area contributed by atoms with Crippen LogP contribution in [0.15, 0.2) is 50.3 Å². The second-order valence-corrected chi connectivity index (χ2v) is 6.31. The van der Waals surface area contributed by atoms with Crippen LogP contribution in [0.1, 0.15) is 5.56 Å². The molecule has 124 valence electrons. The van der Waals surface area contributed by atoms with E-state index in [1.165, 1.54) is 12.1 Å². The van der Waals surface area contributed by atoms with E-state index in [1.54, 1.807) is 30.5 Å². The second kappa shape index (κ2) is 8.02. The highest BCUT2D eigenvalue weighted by Crippen LogP contribution is 2.34. The number of primary amides is 1. The summed E-state index contributed by atoms with van der Waals surface area (Å²) in [5.74, 6) is -0.112. The first-order valence-electron chi connectivity index (χ1n) is 6.55. The average Bonchev–Trinajstić information content (AvgIpc) is 2.52. The third-order valence-corrected chi connectivity index (χ3v) is 3.98. The van der Waals surface area contributed by atoms with Gasteiger partial charge in [0.1, 0.15) is 5.75 Å². The summed E-state index contributed by atoms with van der Waals surface area (Å²) in [7, 11) is 0. The number of non-ortho nitro benzene ring substituents is 1. The molecule has 1 amide bonds. The van der Waals surface area contributed by atoms with E-state index in [0.717, 1.165) is 5.56 Å². The molecule has 0 unspecified atom stereocenters. The molecular weight excluding hydrogens is 446 g/mol. The number of hydrogen-bond donors (Lipinski definition) is 1. The standard InChI is InChI=1S/C15H11Br2N3O4/c16-12-5-9(6-13(17)15(12)24-8-14(18)21)7-19-10-1-3-11(4-2-10)20(22)23/h1-7H,8H2,(H2,18,21). The molecule has 0 saturated heterocycles. The summed E-state index contributed by atoms with van der Waals surface area (Å²) in [5.41, 5.74) is 6.41. The van der Waals surface area contributed by atoms with E-state index in [-0.39, 0.29) is 12.3 Å². The third-order valence-electron chi connectivity index (χ3n) is 2.80. The van der Waals surface area contributed by atoms with Crippen molar-refractivity contribution in [1.82, 2.24) is 0 Å². The molecule has 24 heavy (non-hydrogen) atoms. The van der Waals surface area contributed by atoms with Crippen molar-refractivity contribution in [3.8, 4) is 5.75 Å². The van der Waals surface area contributed by atoms with Gasteiger partial charge in [0.2, 0.25) is 0 Å². The van der Waals surface area contributed by atoms with Crippen LogP contribution in [-0.2, 0) is 4.79 Å². The minimum atomic E-state index is -0.572. The van der Waals surface area contributed by atoms with Crippen molar-refractivity contribution in [3.05, 3.63) is 61.0 Å². The van der Waals surface area contributed by atoms with E-state index in [1.807, 2.05) is 0 Å². The Balaban J connectivity index is 2.17. The molecule has 2 aromatic carbocycles. The quantitative estimate of drug-likeness (QED) is 0.405. The van der Waals surface area contributed by atoms with Crippen LogP contribution in [0, 0.1) is 10.1 Å². The molecule has 9 heteroatoms. The number of carbonyl (C=O) groups is 1. The molecule has 0 radical (unpaired) electrons. The molecule has 0 fully saturated rings. The van der Waals surface area contributed by atoms with E-state index in [0.29, 0.717) is 20.4 Å². The van der Waals surface area contributed by atoms with Crippen LogP contribution in [-0.4, -0.2) is 23.7 Å². The van der Waals surface area contributed by atoms with Gasteiger partial charge in [-0.1, -0.05) is 0 Å². The highest BCUT2D eigenvalue weighted by atomic mass is 79.9. The topological polar surface area (TPSA) is 108 Å². The molecule has 0 bridgehead atoms. The van der Waals surface area contributed by atoms with E-state index in [2.05, 4.69) is 36.9 Å². The Morgan fingerprint density at radius 1 is 1.25 bits per heavy atom. The lowest BCUT2D eigenvalue weighted by molar-refractivity contribution is -0.384. The van der Waals surface area contributed by atoms with Crippen LogP contribution in [0.2, 0.25) is 0 Å². The fourth-order valence-corrected chi connectivity index (χ4v) is 3.20. The molecule has 0 spiro atoms. The number of aliphatic imine (C=N–C) groups is 1. The summed E-state index contributed by atoms with van der Waals surface area (Å²) < 4.78 is 6.56. The number of carbonyl (C=O) groups excluding carboxylic acids is 1. The molecule has 2 N–H and O–H groups in total. The summed E-state index contributed by atoms with van der Waals surface area (Å²) in [6.07, 6.45) is 1.61. The minimum Gasteiger partial charge on any atom is -0.481 e. The molecule has 0 heterocycles. The van der Waals surface area contributed by atoms with Gasteiger partial charge in [0, 0.05) is 18.3 Å². The molecule has 0 aliphatic rings. The van der Waals surface area contributed by atoms with Crippen molar-refractivity contribution in [2.24, 2.45) is 10.7 Å². The number of nitro benzene ring substituents is 1. The molecule has 0 aliphatic heterocycles. The van der Waals surface area contributed by atoms with Gasteiger partial charge < -0.3 is 10.5 Å². The lowest BCUT2D eigenvalue weighted by Crippen LogP contribution is -2.20. The van der Waals surface area contributed by atoms with E-state index < -0.39 is 10.8 Å². The first kappa shape index (κ1) is 18.1. The van der Waals surface area contributed by atoms with Gasteiger partial charge in [0.05, 0.1) is 19.6 Å². The number of nitrogens with zero attached hydrogens (tertiary/aromatic N) is 2. The molecule has 7 nitrogen and oxygen atoms in total. The van der Waals surface area contributed by atoms with Crippen LogP contribution in [0.25, 0.3) is 0 Å². The van der Waals surface area contributed by atoms with E-state index in [4.69, 9.17) is 10.5 Å². The summed E-state index contributed by atoms with van der Waals surface area (Å²) >= 11 is 6.71. The number of amides is 1. The fourth-order valence-electron chi connectivity index (χ4n) is 1.74. The number of nitro groups is 1. The molecule has 0 aromatic heterocycles. The molecule has 0 saturated carbocycles. The largest absolute Gasteiger partial charge is 0.481 e. The number of ether oxygens (including phenoxy) is 1. The summed E-state index contributed by atoms with van der Waals surface area (Å²) in [6, 6.07) is 9.41. The molecule has 0 atom stereocenters. The third kappa shape index (κ3) is 4.87. The van der Waals surface area contributed by atoms with Crippen LogP contribution in [0.4, 0.5) is 11.4 Å². The number of halogens is 2. The highest BCUT2D eigenvalue weighted by molar-refractivity contribution is 9.11. The van der Waals surface area contributed by atoms with Crippen molar-refractivity contribution in [3.63, 3.8) is 0 Å². The zero-order valence-electron chi connectivity index (χ0n) is 12.1.